The van der Waals surface area contributed by atoms with Gasteiger partial charge in [0.1, 0.15) is 5.75 Å². The van der Waals surface area contributed by atoms with Crippen LogP contribution in [0.5, 0.6) is 5.75 Å². The van der Waals surface area contributed by atoms with Crippen LogP contribution < -0.4 is 10.1 Å². The Hall–Kier alpha value is -1.06. The number of unbranched alkanes of at least 4 members (excludes halogenated alkanes) is 1. The van der Waals surface area contributed by atoms with Gasteiger partial charge >= 0.3 is 0 Å². The lowest BCUT2D eigenvalue weighted by Gasteiger charge is -2.18. The van der Waals surface area contributed by atoms with E-state index >= 15 is 0 Å². The SMILES string of the molecule is CCOc1ccccc1C(C)NCCCCOC(C)C. The average molecular weight is 279 g/mol. The summed E-state index contributed by atoms with van der Waals surface area (Å²) in [6.45, 7) is 10.9. The predicted molar refractivity (Wildman–Crippen MR) is 84.4 cm³/mol. The number of benzene rings is 1. The largest absolute Gasteiger partial charge is 0.494 e. The van der Waals surface area contributed by atoms with E-state index < -0.39 is 0 Å². The molecule has 1 aromatic rings. The van der Waals surface area contributed by atoms with Crippen LogP contribution in [-0.2, 0) is 4.74 Å². The van der Waals surface area contributed by atoms with Crippen molar-refractivity contribution in [2.45, 2.75) is 52.7 Å². The standard InChI is InChI=1S/C17H29NO2/c1-5-19-17-11-7-6-10-16(17)15(4)18-12-8-9-13-20-14(2)3/h6-7,10-11,14-15,18H,5,8-9,12-13H2,1-4H3. The lowest BCUT2D eigenvalue weighted by molar-refractivity contribution is 0.0759. The van der Waals surface area contributed by atoms with Crippen molar-refractivity contribution in [1.82, 2.24) is 5.32 Å². The van der Waals surface area contributed by atoms with Crippen LogP contribution in [0.3, 0.4) is 0 Å². The molecule has 0 saturated heterocycles. The van der Waals surface area contributed by atoms with E-state index in [1.54, 1.807) is 0 Å². The quantitative estimate of drug-likeness (QED) is 0.658. The highest BCUT2D eigenvalue weighted by Crippen LogP contribution is 2.24. The van der Waals surface area contributed by atoms with Crippen LogP contribution in [0.15, 0.2) is 24.3 Å². The molecule has 0 spiro atoms. The minimum Gasteiger partial charge on any atom is -0.494 e. The number of para-hydroxylation sites is 1. The van der Waals surface area contributed by atoms with Gasteiger partial charge in [0, 0.05) is 18.2 Å². The summed E-state index contributed by atoms with van der Waals surface area (Å²) >= 11 is 0. The summed E-state index contributed by atoms with van der Waals surface area (Å²) in [5.41, 5.74) is 1.23. The van der Waals surface area contributed by atoms with Gasteiger partial charge in [0.25, 0.3) is 0 Å². The van der Waals surface area contributed by atoms with Crippen LogP contribution in [0.25, 0.3) is 0 Å². The first-order chi connectivity index (χ1) is 9.65. The maximum Gasteiger partial charge on any atom is 0.124 e. The maximum absolute atomic E-state index is 5.67. The van der Waals surface area contributed by atoms with Crippen molar-refractivity contribution in [3.63, 3.8) is 0 Å². The third-order valence-electron chi connectivity index (χ3n) is 3.16. The molecule has 1 unspecified atom stereocenters. The lowest BCUT2D eigenvalue weighted by Crippen LogP contribution is -2.21. The molecule has 1 aromatic carbocycles. The van der Waals surface area contributed by atoms with Gasteiger partial charge < -0.3 is 14.8 Å². The Kier molecular flexibility index (Phi) is 8.31. The number of hydrogen-bond acceptors (Lipinski definition) is 3. The highest BCUT2D eigenvalue weighted by Gasteiger charge is 2.09. The molecule has 20 heavy (non-hydrogen) atoms. The fraction of sp³-hybridized carbons (Fsp3) is 0.647. The van der Waals surface area contributed by atoms with E-state index in [0.717, 1.165) is 31.7 Å². The van der Waals surface area contributed by atoms with Crippen LogP contribution in [0, 0.1) is 0 Å². The zero-order chi connectivity index (χ0) is 14.8. The van der Waals surface area contributed by atoms with Crippen molar-refractivity contribution in [3.05, 3.63) is 29.8 Å². The Morgan fingerprint density at radius 1 is 1.10 bits per heavy atom. The molecule has 0 radical (unpaired) electrons. The molecule has 0 aliphatic rings. The molecule has 0 heterocycles. The van der Waals surface area contributed by atoms with Crippen LogP contribution in [0.4, 0.5) is 0 Å². The minimum atomic E-state index is 0.309. The van der Waals surface area contributed by atoms with Crippen molar-refractivity contribution >= 4 is 0 Å². The average Bonchev–Trinajstić information content (AvgIpc) is 2.43. The third-order valence-corrected chi connectivity index (χ3v) is 3.16. The summed E-state index contributed by atoms with van der Waals surface area (Å²) in [6.07, 6.45) is 2.57. The molecule has 114 valence electrons. The fourth-order valence-electron chi connectivity index (χ4n) is 2.10. The van der Waals surface area contributed by atoms with E-state index in [-0.39, 0.29) is 0 Å². The highest BCUT2D eigenvalue weighted by molar-refractivity contribution is 5.35. The molecule has 3 heteroatoms. The molecule has 1 rings (SSSR count). The second kappa shape index (κ2) is 9.78. The van der Waals surface area contributed by atoms with Gasteiger partial charge in [-0.25, -0.2) is 0 Å². The Balaban J connectivity index is 2.30. The molecule has 1 N–H and O–H groups in total. The maximum atomic E-state index is 5.67. The third kappa shape index (κ3) is 6.40. The molecule has 0 amide bonds. The van der Waals surface area contributed by atoms with Gasteiger partial charge in [0.2, 0.25) is 0 Å². The molecule has 1 atom stereocenters. The van der Waals surface area contributed by atoms with Crippen molar-refractivity contribution < 1.29 is 9.47 Å². The normalized spacial score (nSPS) is 12.7. The van der Waals surface area contributed by atoms with E-state index in [1.807, 2.05) is 19.1 Å². The minimum absolute atomic E-state index is 0.309. The molecule has 0 bridgehead atoms. The monoisotopic (exact) mass is 279 g/mol. The molecule has 0 aliphatic heterocycles. The van der Waals surface area contributed by atoms with Gasteiger partial charge in [-0.3, -0.25) is 0 Å². The number of ether oxygens (including phenoxy) is 2. The summed E-state index contributed by atoms with van der Waals surface area (Å²) in [5, 5.41) is 3.55. The lowest BCUT2D eigenvalue weighted by atomic mass is 10.1. The van der Waals surface area contributed by atoms with E-state index in [0.29, 0.717) is 18.8 Å². The van der Waals surface area contributed by atoms with Crippen LogP contribution >= 0.6 is 0 Å². The fourth-order valence-corrected chi connectivity index (χ4v) is 2.10. The van der Waals surface area contributed by atoms with Crippen molar-refractivity contribution in [2.24, 2.45) is 0 Å². The van der Waals surface area contributed by atoms with Gasteiger partial charge in [-0.15, -0.1) is 0 Å². The molecular weight excluding hydrogens is 250 g/mol. The summed E-state index contributed by atoms with van der Waals surface area (Å²) in [5.74, 6) is 0.984. The smallest absolute Gasteiger partial charge is 0.124 e. The molecule has 0 aromatic heterocycles. The van der Waals surface area contributed by atoms with Gasteiger partial charge in [-0.05, 0) is 53.1 Å². The topological polar surface area (TPSA) is 30.5 Å². The Morgan fingerprint density at radius 2 is 1.85 bits per heavy atom. The zero-order valence-corrected chi connectivity index (χ0v) is 13.3. The number of nitrogens with one attached hydrogen (secondary N) is 1. The first-order valence-corrected chi connectivity index (χ1v) is 7.71. The first kappa shape index (κ1) is 17.0. The number of hydrogen-bond donors (Lipinski definition) is 1. The number of rotatable bonds is 10. The summed E-state index contributed by atoms with van der Waals surface area (Å²) < 4.78 is 11.2. The molecule has 0 fully saturated rings. The van der Waals surface area contributed by atoms with Gasteiger partial charge in [-0.2, -0.15) is 0 Å². The molecule has 0 aliphatic carbocycles. The van der Waals surface area contributed by atoms with Crippen molar-refractivity contribution in [3.8, 4) is 5.75 Å². The van der Waals surface area contributed by atoms with Gasteiger partial charge in [0.15, 0.2) is 0 Å². The Morgan fingerprint density at radius 3 is 2.55 bits per heavy atom. The van der Waals surface area contributed by atoms with E-state index in [4.69, 9.17) is 9.47 Å². The first-order valence-electron chi connectivity index (χ1n) is 7.71. The van der Waals surface area contributed by atoms with Crippen LogP contribution in [-0.4, -0.2) is 25.9 Å². The van der Waals surface area contributed by atoms with E-state index in [9.17, 15) is 0 Å². The van der Waals surface area contributed by atoms with E-state index in [2.05, 4.69) is 38.2 Å². The van der Waals surface area contributed by atoms with Crippen molar-refractivity contribution in [2.75, 3.05) is 19.8 Å². The van der Waals surface area contributed by atoms with Crippen LogP contribution in [0.1, 0.15) is 52.1 Å². The van der Waals surface area contributed by atoms with E-state index in [1.165, 1.54) is 5.56 Å². The Labute approximate surface area is 123 Å². The highest BCUT2D eigenvalue weighted by atomic mass is 16.5. The summed E-state index contributed by atoms with van der Waals surface area (Å²) in [7, 11) is 0. The van der Waals surface area contributed by atoms with Crippen LogP contribution in [0.2, 0.25) is 0 Å². The molecular formula is C17H29NO2. The predicted octanol–water partition coefficient (Wildman–Crippen LogP) is 3.94. The second-order valence-corrected chi connectivity index (χ2v) is 5.27. The zero-order valence-electron chi connectivity index (χ0n) is 13.3. The van der Waals surface area contributed by atoms with Gasteiger partial charge in [-0.1, -0.05) is 18.2 Å². The molecule has 3 nitrogen and oxygen atoms in total. The summed E-state index contributed by atoms with van der Waals surface area (Å²) in [4.78, 5) is 0. The molecule has 0 saturated carbocycles. The summed E-state index contributed by atoms with van der Waals surface area (Å²) in [6, 6.07) is 8.55. The van der Waals surface area contributed by atoms with Crippen molar-refractivity contribution in [1.29, 1.82) is 0 Å². The van der Waals surface area contributed by atoms with Gasteiger partial charge in [0.05, 0.1) is 12.7 Å². The Bertz CT molecular complexity index is 366. The second-order valence-electron chi connectivity index (χ2n) is 5.27.